The molecule has 0 radical (unpaired) electrons. The molecule has 0 spiro atoms. The van der Waals surface area contributed by atoms with Crippen LogP contribution in [0.1, 0.15) is 25.5 Å². The van der Waals surface area contributed by atoms with Crippen LogP contribution >= 0.6 is 0 Å². The van der Waals surface area contributed by atoms with Gasteiger partial charge in [-0.3, -0.25) is 0 Å². The molecule has 0 aliphatic rings. The van der Waals surface area contributed by atoms with Gasteiger partial charge in [-0.15, -0.1) is 5.10 Å². The molecule has 0 amide bonds. The number of anilines is 2. The number of aromatic nitrogens is 3. The molecule has 0 aromatic carbocycles. The molecule has 0 unspecified atom stereocenters. The number of furan rings is 1. The minimum absolute atomic E-state index is 0.511. The summed E-state index contributed by atoms with van der Waals surface area (Å²) in [6, 6.07) is 3.75. The zero-order valence-corrected chi connectivity index (χ0v) is 11.3. The second kappa shape index (κ2) is 6.72. The maximum absolute atomic E-state index is 5.24. The number of hydrogen-bond acceptors (Lipinski definition) is 6. The molecule has 2 aromatic heterocycles. The van der Waals surface area contributed by atoms with Crippen molar-refractivity contribution >= 4 is 11.8 Å². The van der Waals surface area contributed by atoms with Crippen molar-refractivity contribution in [2.45, 2.75) is 26.3 Å². The van der Waals surface area contributed by atoms with Gasteiger partial charge in [-0.1, -0.05) is 13.3 Å². The molecule has 0 atom stereocenters. The van der Waals surface area contributed by atoms with Gasteiger partial charge >= 0.3 is 0 Å². The Morgan fingerprint density at radius 2 is 2.32 bits per heavy atom. The van der Waals surface area contributed by atoms with E-state index in [4.69, 9.17) is 4.42 Å². The summed E-state index contributed by atoms with van der Waals surface area (Å²) in [5.41, 5.74) is 0. The molecule has 6 nitrogen and oxygen atoms in total. The van der Waals surface area contributed by atoms with Gasteiger partial charge in [0.15, 0.2) is 5.82 Å². The fourth-order valence-corrected chi connectivity index (χ4v) is 1.64. The van der Waals surface area contributed by atoms with Crippen LogP contribution in [-0.4, -0.2) is 28.8 Å². The SMILES string of the molecule is CCCCN(C)c1cnnc(NCc2ccco2)n1. The Hall–Kier alpha value is -2.11. The summed E-state index contributed by atoms with van der Waals surface area (Å²) < 4.78 is 5.24. The number of nitrogens with one attached hydrogen (secondary N) is 1. The molecule has 2 rings (SSSR count). The van der Waals surface area contributed by atoms with Crippen LogP contribution in [0.2, 0.25) is 0 Å². The third-order valence-electron chi connectivity index (χ3n) is 2.79. The second-order valence-corrected chi connectivity index (χ2v) is 4.35. The van der Waals surface area contributed by atoms with E-state index < -0.39 is 0 Å². The van der Waals surface area contributed by atoms with Gasteiger partial charge < -0.3 is 14.6 Å². The van der Waals surface area contributed by atoms with Crippen LogP contribution in [0.5, 0.6) is 0 Å². The smallest absolute Gasteiger partial charge is 0.245 e. The molecule has 2 heterocycles. The predicted molar refractivity (Wildman–Crippen MR) is 74.0 cm³/mol. The lowest BCUT2D eigenvalue weighted by Crippen LogP contribution is -2.20. The second-order valence-electron chi connectivity index (χ2n) is 4.35. The van der Waals surface area contributed by atoms with Gasteiger partial charge in [0, 0.05) is 13.6 Å². The molecule has 0 aliphatic heterocycles. The predicted octanol–water partition coefficient (Wildman–Crippen LogP) is 2.31. The van der Waals surface area contributed by atoms with Crippen LogP contribution in [0.15, 0.2) is 29.0 Å². The first-order chi connectivity index (χ1) is 9.29. The Bertz CT molecular complexity index is 486. The average molecular weight is 261 g/mol. The molecule has 2 aromatic rings. The van der Waals surface area contributed by atoms with Gasteiger partial charge in [0.25, 0.3) is 0 Å². The van der Waals surface area contributed by atoms with Gasteiger partial charge in [0.2, 0.25) is 5.95 Å². The monoisotopic (exact) mass is 261 g/mol. The van der Waals surface area contributed by atoms with E-state index in [2.05, 4.69) is 32.3 Å². The van der Waals surface area contributed by atoms with E-state index in [1.54, 1.807) is 12.5 Å². The fraction of sp³-hybridized carbons (Fsp3) is 0.462. The van der Waals surface area contributed by atoms with Crippen molar-refractivity contribution < 1.29 is 4.42 Å². The lowest BCUT2D eigenvalue weighted by Gasteiger charge is -2.17. The first-order valence-corrected chi connectivity index (χ1v) is 6.46. The van der Waals surface area contributed by atoms with Crippen LogP contribution < -0.4 is 10.2 Å². The molecule has 0 saturated heterocycles. The largest absolute Gasteiger partial charge is 0.467 e. The van der Waals surface area contributed by atoms with E-state index in [0.717, 1.165) is 31.0 Å². The first-order valence-electron chi connectivity index (χ1n) is 6.46. The lowest BCUT2D eigenvalue weighted by atomic mass is 10.3. The highest BCUT2D eigenvalue weighted by Crippen LogP contribution is 2.10. The molecule has 0 bridgehead atoms. The fourth-order valence-electron chi connectivity index (χ4n) is 1.64. The van der Waals surface area contributed by atoms with Gasteiger partial charge in [0.05, 0.1) is 19.0 Å². The standard InChI is InChI=1S/C13H19N5O/c1-3-4-7-18(2)12-10-15-17-13(16-12)14-9-11-6-5-8-19-11/h5-6,8,10H,3-4,7,9H2,1-2H3,(H,14,16,17). The summed E-state index contributed by atoms with van der Waals surface area (Å²) in [7, 11) is 2.01. The van der Waals surface area contributed by atoms with Crippen molar-refractivity contribution in [2.75, 3.05) is 23.8 Å². The Morgan fingerprint density at radius 3 is 3.05 bits per heavy atom. The van der Waals surface area contributed by atoms with Crippen molar-refractivity contribution in [1.29, 1.82) is 0 Å². The van der Waals surface area contributed by atoms with E-state index in [0.29, 0.717) is 12.5 Å². The Morgan fingerprint density at radius 1 is 1.42 bits per heavy atom. The molecule has 0 saturated carbocycles. The topological polar surface area (TPSA) is 67.1 Å². The summed E-state index contributed by atoms with van der Waals surface area (Å²) in [6.07, 6.45) is 5.61. The third-order valence-corrected chi connectivity index (χ3v) is 2.79. The molecule has 6 heteroatoms. The van der Waals surface area contributed by atoms with Crippen molar-refractivity contribution in [3.05, 3.63) is 30.4 Å². The number of unbranched alkanes of at least 4 members (excludes halogenated alkanes) is 1. The lowest BCUT2D eigenvalue weighted by molar-refractivity contribution is 0.517. The summed E-state index contributed by atoms with van der Waals surface area (Å²) in [5, 5.41) is 11.0. The first kappa shape index (κ1) is 13.3. The maximum atomic E-state index is 5.24. The third kappa shape index (κ3) is 3.94. The quantitative estimate of drug-likeness (QED) is 0.825. The highest BCUT2D eigenvalue weighted by atomic mass is 16.3. The maximum Gasteiger partial charge on any atom is 0.245 e. The molecule has 1 N–H and O–H groups in total. The van der Waals surface area contributed by atoms with Crippen LogP contribution in [0, 0.1) is 0 Å². The normalized spacial score (nSPS) is 10.4. The summed E-state index contributed by atoms with van der Waals surface area (Å²) in [6.45, 7) is 3.69. The molecular formula is C13H19N5O. The highest BCUT2D eigenvalue weighted by Gasteiger charge is 2.05. The van der Waals surface area contributed by atoms with E-state index in [1.807, 2.05) is 19.2 Å². The molecular weight excluding hydrogens is 242 g/mol. The zero-order chi connectivity index (χ0) is 13.5. The number of rotatable bonds is 7. The van der Waals surface area contributed by atoms with E-state index in [-0.39, 0.29) is 0 Å². The molecule has 19 heavy (non-hydrogen) atoms. The van der Waals surface area contributed by atoms with Crippen molar-refractivity contribution in [3.8, 4) is 0 Å². The highest BCUT2D eigenvalue weighted by molar-refractivity contribution is 5.39. The van der Waals surface area contributed by atoms with Crippen LogP contribution in [0.4, 0.5) is 11.8 Å². The minimum Gasteiger partial charge on any atom is -0.467 e. The van der Waals surface area contributed by atoms with Gasteiger partial charge in [-0.2, -0.15) is 10.1 Å². The molecule has 0 fully saturated rings. The van der Waals surface area contributed by atoms with E-state index in [1.165, 1.54) is 0 Å². The summed E-state index contributed by atoms with van der Waals surface area (Å²) in [5.74, 6) is 2.18. The number of nitrogens with zero attached hydrogens (tertiary/aromatic N) is 4. The Balaban J connectivity index is 1.94. The Labute approximate surface area is 112 Å². The summed E-state index contributed by atoms with van der Waals surface area (Å²) >= 11 is 0. The van der Waals surface area contributed by atoms with Gasteiger partial charge in [-0.05, 0) is 18.6 Å². The van der Waals surface area contributed by atoms with Crippen molar-refractivity contribution in [3.63, 3.8) is 0 Å². The van der Waals surface area contributed by atoms with E-state index >= 15 is 0 Å². The van der Waals surface area contributed by atoms with Crippen LogP contribution in [0.3, 0.4) is 0 Å². The molecule has 0 aliphatic carbocycles. The zero-order valence-electron chi connectivity index (χ0n) is 11.3. The van der Waals surface area contributed by atoms with Gasteiger partial charge in [-0.25, -0.2) is 0 Å². The van der Waals surface area contributed by atoms with Gasteiger partial charge in [0.1, 0.15) is 5.76 Å². The summed E-state index contributed by atoms with van der Waals surface area (Å²) in [4.78, 5) is 6.50. The average Bonchev–Trinajstić information content (AvgIpc) is 2.96. The molecule has 102 valence electrons. The van der Waals surface area contributed by atoms with Crippen LogP contribution in [-0.2, 0) is 6.54 Å². The van der Waals surface area contributed by atoms with Crippen molar-refractivity contribution in [2.24, 2.45) is 0 Å². The van der Waals surface area contributed by atoms with Crippen LogP contribution in [0.25, 0.3) is 0 Å². The minimum atomic E-state index is 0.511. The Kier molecular flexibility index (Phi) is 4.72. The van der Waals surface area contributed by atoms with Crippen molar-refractivity contribution in [1.82, 2.24) is 15.2 Å². The van der Waals surface area contributed by atoms with E-state index in [9.17, 15) is 0 Å². The number of hydrogen-bond donors (Lipinski definition) is 1.